The van der Waals surface area contributed by atoms with Gasteiger partial charge in [0.05, 0.1) is 16.8 Å². The number of hydrogen-bond donors (Lipinski definition) is 1. The lowest BCUT2D eigenvalue weighted by Crippen LogP contribution is -2.32. The van der Waals surface area contributed by atoms with Crippen LogP contribution >= 0.6 is 23.1 Å². The van der Waals surface area contributed by atoms with E-state index in [0.29, 0.717) is 15.8 Å². The first-order valence-electron chi connectivity index (χ1n) is 10.9. The Labute approximate surface area is 202 Å². The van der Waals surface area contributed by atoms with Crippen LogP contribution in [0, 0.1) is 5.82 Å². The van der Waals surface area contributed by atoms with Crippen molar-refractivity contribution < 1.29 is 14.0 Å². The van der Waals surface area contributed by atoms with Crippen LogP contribution in [0.3, 0.4) is 0 Å². The largest absolute Gasteiger partial charge is 0.292 e. The number of carbonyl (C=O) groups is 2. The lowest BCUT2D eigenvalue weighted by molar-refractivity contribution is -0.117. The molecule has 0 unspecified atom stereocenters. The molecule has 1 N–H and O–H groups in total. The maximum absolute atomic E-state index is 14.7. The first kappa shape index (κ1) is 22.5. The Morgan fingerprint density at radius 2 is 1.79 bits per heavy atom. The summed E-state index contributed by atoms with van der Waals surface area (Å²) in [6.07, 6.45) is 3.78. The normalized spacial score (nSPS) is 13.0. The van der Waals surface area contributed by atoms with Crippen molar-refractivity contribution in [3.05, 3.63) is 86.8 Å². The fourth-order valence-corrected chi connectivity index (χ4v) is 6.19. The van der Waals surface area contributed by atoms with E-state index in [2.05, 4.69) is 10.3 Å². The SMILES string of the molecule is O=C(CSc1nc2sc3c(c2c(=O)n1-c1ccccc1F)CCCC3)NC(=O)c1ccccc1. The maximum Gasteiger partial charge on any atom is 0.267 e. The van der Waals surface area contributed by atoms with E-state index in [1.165, 1.54) is 28.0 Å². The summed E-state index contributed by atoms with van der Waals surface area (Å²) in [5, 5.41) is 3.09. The number of nitrogens with one attached hydrogen (secondary N) is 1. The highest BCUT2D eigenvalue weighted by Gasteiger charge is 2.24. The Hall–Kier alpha value is -3.30. The first-order chi connectivity index (χ1) is 16.5. The Balaban J connectivity index is 1.50. The number of benzene rings is 2. The molecule has 0 spiro atoms. The molecule has 34 heavy (non-hydrogen) atoms. The summed E-state index contributed by atoms with van der Waals surface area (Å²) in [5.41, 5.74) is 1.13. The molecule has 2 amide bonds. The van der Waals surface area contributed by atoms with E-state index in [1.807, 2.05) is 0 Å². The summed E-state index contributed by atoms with van der Waals surface area (Å²) in [6.45, 7) is 0. The van der Waals surface area contributed by atoms with Crippen molar-refractivity contribution in [2.45, 2.75) is 30.8 Å². The Bertz CT molecular complexity index is 1460. The molecular formula is C25H20FN3O3S2. The van der Waals surface area contributed by atoms with Crippen molar-refractivity contribution in [2.24, 2.45) is 0 Å². The number of halogens is 1. The third-order valence-electron chi connectivity index (χ3n) is 5.67. The predicted octanol–water partition coefficient (Wildman–Crippen LogP) is 4.51. The summed E-state index contributed by atoms with van der Waals surface area (Å²) in [6, 6.07) is 14.4. The first-order valence-corrected chi connectivity index (χ1v) is 12.7. The van der Waals surface area contributed by atoms with Gasteiger partial charge in [0.1, 0.15) is 10.6 Å². The molecule has 1 aliphatic carbocycles. The Morgan fingerprint density at radius 3 is 2.59 bits per heavy atom. The number of aryl methyl sites for hydroxylation is 2. The highest BCUT2D eigenvalue weighted by atomic mass is 32.2. The number of nitrogens with zero attached hydrogens (tertiary/aromatic N) is 2. The van der Waals surface area contributed by atoms with Crippen LogP contribution in [-0.2, 0) is 17.6 Å². The van der Waals surface area contributed by atoms with E-state index >= 15 is 0 Å². The molecule has 0 radical (unpaired) electrons. The van der Waals surface area contributed by atoms with Gasteiger partial charge in [0, 0.05) is 10.4 Å². The van der Waals surface area contributed by atoms with Gasteiger partial charge in [-0.25, -0.2) is 9.37 Å². The lowest BCUT2D eigenvalue weighted by atomic mass is 9.97. The number of rotatable bonds is 5. The minimum absolute atomic E-state index is 0.0842. The van der Waals surface area contributed by atoms with Crippen molar-refractivity contribution in [3.63, 3.8) is 0 Å². The second-order valence-electron chi connectivity index (χ2n) is 7.91. The van der Waals surface area contributed by atoms with Gasteiger partial charge < -0.3 is 0 Å². The molecule has 2 heterocycles. The number of aromatic nitrogens is 2. The average Bonchev–Trinajstić information content (AvgIpc) is 3.23. The van der Waals surface area contributed by atoms with Crippen molar-refractivity contribution >= 4 is 45.1 Å². The van der Waals surface area contributed by atoms with Crippen molar-refractivity contribution in [1.29, 1.82) is 0 Å². The summed E-state index contributed by atoms with van der Waals surface area (Å²) in [5.74, 6) is -1.75. The number of imide groups is 1. The average molecular weight is 494 g/mol. The number of para-hydroxylation sites is 1. The van der Waals surface area contributed by atoms with Crippen LogP contribution in [0.2, 0.25) is 0 Å². The molecule has 172 valence electrons. The molecule has 0 saturated heterocycles. The summed E-state index contributed by atoms with van der Waals surface area (Å²) in [4.78, 5) is 44.8. The van der Waals surface area contributed by atoms with Crippen LogP contribution in [0.25, 0.3) is 15.9 Å². The lowest BCUT2D eigenvalue weighted by Gasteiger charge is -2.14. The zero-order valence-corrected chi connectivity index (χ0v) is 19.7. The van der Waals surface area contributed by atoms with Crippen molar-refractivity contribution in [2.75, 3.05) is 5.75 Å². The van der Waals surface area contributed by atoms with Gasteiger partial charge >= 0.3 is 0 Å². The van der Waals surface area contributed by atoms with Gasteiger partial charge in [0.2, 0.25) is 5.91 Å². The summed E-state index contributed by atoms with van der Waals surface area (Å²) >= 11 is 2.49. The Morgan fingerprint density at radius 1 is 1.06 bits per heavy atom. The smallest absolute Gasteiger partial charge is 0.267 e. The van der Waals surface area contributed by atoms with E-state index in [9.17, 15) is 18.8 Å². The van der Waals surface area contributed by atoms with E-state index in [1.54, 1.807) is 42.5 Å². The minimum Gasteiger partial charge on any atom is -0.292 e. The highest BCUT2D eigenvalue weighted by Crippen LogP contribution is 2.35. The zero-order chi connectivity index (χ0) is 23.7. The second-order valence-corrected chi connectivity index (χ2v) is 9.94. The maximum atomic E-state index is 14.7. The fourth-order valence-electron chi connectivity index (χ4n) is 4.08. The molecule has 5 rings (SSSR count). The van der Waals surface area contributed by atoms with Gasteiger partial charge in [-0.05, 0) is 55.5 Å². The Kier molecular flexibility index (Phi) is 6.30. The quantitative estimate of drug-likeness (QED) is 0.327. The van der Waals surface area contributed by atoms with Crippen LogP contribution in [0.5, 0.6) is 0 Å². The summed E-state index contributed by atoms with van der Waals surface area (Å²) < 4.78 is 16.0. The molecule has 1 aliphatic rings. The van der Waals surface area contributed by atoms with Crippen molar-refractivity contribution in [3.8, 4) is 5.69 Å². The van der Waals surface area contributed by atoms with Crippen LogP contribution in [0.1, 0.15) is 33.6 Å². The summed E-state index contributed by atoms with van der Waals surface area (Å²) in [7, 11) is 0. The van der Waals surface area contributed by atoms with Gasteiger partial charge in [-0.1, -0.05) is 42.1 Å². The number of thioether (sulfide) groups is 1. The van der Waals surface area contributed by atoms with E-state index in [4.69, 9.17) is 0 Å². The van der Waals surface area contributed by atoms with Gasteiger partial charge in [-0.15, -0.1) is 11.3 Å². The van der Waals surface area contributed by atoms with Crippen LogP contribution in [0.4, 0.5) is 4.39 Å². The number of fused-ring (bicyclic) bond motifs is 3. The monoisotopic (exact) mass is 493 g/mol. The molecule has 2 aromatic carbocycles. The van der Waals surface area contributed by atoms with Crippen LogP contribution in [-0.4, -0.2) is 27.1 Å². The van der Waals surface area contributed by atoms with Crippen LogP contribution < -0.4 is 10.9 Å². The molecule has 0 bridgehead atoms. The van der Waals surface area contributed by atoms with Crippen molar-refractivity contribution in [1.82, 2.24) is 14.9 Å². The van der Waals surface area contributed by atoms with Crippen LogP contribution in [0.15, 0.2) is 64.5 Å². The predicted molar refractivity (Wildman–Crippen MR) is 131 cm³/mol. The fraction of sp³-hybridized carbons (Fsp3) is 0.200. The van der Waals surface area contributed by atoms with E-state index in [0.717, 1.165) is 47.9 Å². The van der Waals surface area contributed by atoms with Gasteiger partial charge in [0.15, 0.2) is 5.16 Å². The molecule has 9 heteroatoms. The third kappa shape index (κ3) is 4.28. The third-order valence-corrected chi connectivity index (χ3v) is 7.80. The molecular weight excluding hydrogens is 473 g/mol. The van der Waals surface area contributed by atoms with E-state index < -0.39 is 17.6 Å². The molecule has 0 atom stereocenters. The molecule has 2 aromatic heterocycles. The number of hydrogen-bond acceptors (Lipinski definition) is 6. The number of carbonyl (C=O) groups excluding carboxylic acids is 2. The molecule has 0 fully saturated rings. The van der Waals surface area contributed by atoms with E-state index in [-0.39, 0.29) is 22.2 Å². The molecule has 6 nitrogen and oxygen atoms in total. The minimum atomic E-state index is -0.555. The zero-order valence-electron chi connectivity index (χ0n) is 18.0. The molecule has 0 aliphatic heterocycles. The van der Waals surface area contributed by atoms with Gasteiger partial charge in [0.25, 0.3) is 11.5 Å². The highest BCUT2D eigenvalue weighted by molar-refractivity contribution is 7.99. The molecule has 4 aromatic rings. The number of amides is 2. The second kappa shape index (κ2) is 9.52. The standard InChI is InChI=1S/C25H20FN3O3S2/c26-17-11-5-6-12-18(17)29-24(32)21-16-10-4-7-13-19(16)34-23(21)28-25(29)33-14-20(30)27-22(31)15-8-2-1-3-9-15/h1-3,5-6,8-9,11-12H,4,7,10,13-14H2,(H,27,30,31). The van der Waals surface area contributed by atoms with Gasteiger partial charge in [-0.3, -0.25) is 24.3 Å². The number of thiophene rings is 1. The topological polar surface area (TPSA) is 81.1 Å². The van der Waals surface area contributed by atoms with Gasteiger partial charge in [-0.2, -0.15) is 0 Å². The molecule has 0 saturated carbocycles.